The summed E-state index contributed by atoms with van der Waals surface area (Å²) in [5.41, 5.74) is 0.864. The largest absolute Gasteiger partial charge is 0.314 e. The third-order valence-electron chi connectivity index (χ3n) is 3.39. The first-order chi connectivity index (χ1) is 8.16. The molecule has 1 aromatic carbocycles. The number of hydrogen-bond acceptors (Lipinski definition) is 2. The molecule has 94 valence electrons. The lowest BCUT2D eigenvalue weighted by molar-refractivity contribution is 0.190. The minimum Gasteiger partial charge on any atom is -0.314 e. The van der Waals surface area contributed by atoms with Crippen LogP contribution in [0.5, 0.6) is 0 Å². The Bertz CT molecular complexity index is 382. The van der Waals surface area contributed by atoms with E-state index in [4.69, 9.17) is 0 Å². The number of rotatable bonds is 3. The Labute approximate surface area is 101 Å². The van der Waals surface area contributed by atoms with Crippen molar-refractivity contribution in [1.82, 2.24) is 10.2 Å². The van der Waals surface area contributed by atoms with Crippen molar-refractivity contribution in [2.75, 3.05) is 26.7 Å². The molecule has 0 spiro atoms. The second-order valence-electron chi connectivity index (χ2n) is 4.63. The van der Waals surface area contributed by atoms with Crippen molar-refractivity contribution in [2.45, 2.75) is 18.9 Å². The Balaban J connectivity index is 1.90. The Morgan fingerprint density at radius 3 is 2.88 bits per heavy atom. The van der Waals surface area contributed by atoms with Crippen molar-refractivity contribution in [3.8, 4) is 0 Å². The fourth-order valence-electron chi connectivity index (χ4n) is 2.21. The molecule has 4 heteroatoms. The lowest BCUT2D eigenvalue weighted by Gasteiger charge is -2.33. The molecule has 17 heavy (non-hydrogen) atoms. The fraction of sp³-hybridized carbons (Fsp3) is 0.538. The van der Waals surface area contributed by atoms with Crippen LogP contribution in [0.25, 0.3) is 0 Å². The van der Waals surface area contributed by atoms with Gasteiger partial charge in [0, 0.05) is 25.7 Å². The zero-order chi connectivity index (χ0) is 12.3. The highest BCUT2D eigenvalue weighted by Gasteiger charge is 2.18. The summed E-state index contributed by atoms with van der Waals surface area (Å²) in [5.74, 6) is -1.53. The molecule has 2 nitrogen and oxygen atoms in total. The molecule has 0 amide bonds. The van der Waals surface area contributed by atoms with E-state index in [1.807, 2.05) is 0 Å². The summed E-state index contributed by atoms with van der Waals surface area (Å²) in [6.45, 7) is 3.04. The van der Waals surface area contributed by atoms with Crippen LogP contribution in [0, 0.1) is 11.6 Å². The van der Waals surface area contributed by atoms with Crippen LogP contribution in [-0.4, -0.2) is 37.6 Å². The summed E-state index contributed by atoms with van der Waals surface area (Å²) in [6.07, 6.45) is 1.75. The molecule has 0 radical (unpaired) electrons. The lowest BCUT2D eigenvalue weighted by atomic mass is 10.0. The zero-order valence-electron chi connectivity index (χ0n) is 10.0. The normalized spacial score (nSPS) is 21.7. The van der Waals surface area contributed by atoms with Gasteiger partial charge in [0.2, 0.25) is 0 Å². The van der Waals surface area contributed by atoms with Gasteiger partial charge in [0.05, 0.1) is 0 Å². The second kappa shape index (κ2) is 5.56. The highest BCUT2D eigenvalue weighted by Crippen LogP contribution is 2.13. The van der Waals surface area contributed by atoms with E-state index >= 15 is 0 Å². The Kier molecular flexibility index (Phi) is 4.07. The van der Waals surface area contributed by atoms with Crippen molar-refractivity contribution in [1.29, 1.82) is 0 Å². The first kappa shape index (κ1) is 12.5. The van der Waals surface area contributed by atoms with Gasteiger partial charge in [-0.1, -0.05) is 6.07 Å². The van der Waals surface area contributed by atoms with Crippen LogP contribution in [0.4, 0.5) is 8.78 Å². The summed E-state index contributed by atoms with van der Waals surface area (Å²) >= 11 is 0. The third kappa shape index (κ3) is 3.23. The Morgan fingerprint density at radius 2 is 2.18 bits per heavy atom. The molecule has 1 heterocycles. The number of benzene rings is 1. The summed E-state index contributed by atoms with van der Waals surface area (Å²) in [4.78, 5) is 2.32. The molecule has 2 rings (SSSR count). The number of likely N-dealkylation sites (N-methyl/N-ethyl adjacent to an activating group) is 1. The first-order valence-electron chi connectivity index (χ1n) is 6.01. The van der Waals surface area contributed by atoms with E-state index in [1.165, 1.54) is 12.1 Å². The fourth-order valence-corrected chi connectivity index (χ4v) is 2.21. The summed E-state index contributed by atoms with van der Waals surface area (Å²) in [5, 5.41) is 3.35. The maximum absolute atomic E-state index is 13.0. The van der Waals surface area contributed by atoms with E-state index < -0.39 is 11.6 Å². The van der Waals surface area contributed by atoms with Gasteiger partial charge >= 0.3 is 0 Å². The topological polar surface area (TPSA) is 15.3 Å². The number of hydrogen-bond donors (Lipinski definition) is 1. The highest BCUT2D eigenvalue weighted by atomic mass is 19.2. The molecule has 1 fully saturated rings. The number of halogens is 2. The highest BCUT2D eigenvalue weighted by molar-refractivity contribution is 5.18. The minimum absolute atomic E-state index is 0.483. The molecule has 1 aliphatic rings. The molecule has 1 atom stereocenters. The predicted molar refractivity (Wildman–Crippen MR) is 64.0 cm³/mol. The molecule has 1 aliphatic heterocycles. The number of piperazine rings is 1. The Morgan fingerprint density at radius 1 is 1.35 bits per heavy atom. The standard InChI is InChI=1S/C13H18F2N2/c1-17-7-6-16-9-11(17)4-2-10-3-5-12(14)13(15)8-10/h3,5,8,11,16H,2,4,6-7,9H2,1H3. The van der Waals surface area contributed by atoms with Crippen LogP contribution in [0.3, 0.4) is 0 Å². The molecule has 1 aromatic rings. The van der Waals surface area contributed by atoms with Gasteiger partial charge in [-0.25, -0.2) is 8.78 Å². The molecular formula is C13H18F2N2. The van der Waals surface area contributed by atoms with E-state index in [1.54, 1.807) is 6.07 Å². The van der Waals surface area contributed by atoms with Gasteiger partial charge in [0.1, 0.15) is 0 Å². The van der Waals surface area contributed by atoms with Gasteiger partial charge in [-0.15, -0.1) is 0 Å². The van der Waals surface area contributed by atoms with Crippen molar-refractivity contribution < 1.29 is 8.78 Å². The van der Waals surface area contributed by atoms with E-state index in [0.717, 1.165) is 38.0 Å². The number of nitrogens with one attached hydrogen (secondary N) is 1. The molecule has 1 N–H and O–H groups in total. The average molecular weight is 240 g/mol. The monoisotopic (exact) mass is 240 g/mol. The van der Waals surface area contributed by atoms with E-state index in [0.29, 0.717) is 6.04 Å². The molecule has 0 bridgehead atoms. The van der Waals surface area contributed by atoms with E-state index in [9.17, 15) is 8.78 Å². The third-order valence-corrected chi connectivity index (χ3v) is 3.39. The maximum Gasteiger partial charge on any atom is 0.159 e. The van der Waals surface area contributed by atoms with Crippen molar-refractivity contribution in [2.24, 2.45) is 0 Å². The number of nitrogens with zero attached hydrogens (tertiary/aromatic N) is 1. The van der Waals surface area contributed by atoms with Gasteiger partial charge in [-0.2, -0.15) is 0 Å². The van der Waals surface area contributed by atoms with Crippen LogP contribution in [0.1, 0.15) is 12.0 Å². The van der Waals surface area contributed by atoms with Crippen LogP contribution >= 0.6 is 0 Å². The predicted octanol–water partition coefficient (Wildman–Crippen LogP) is 1.80. The average Bonchev–Trinajstić information content (AvgIpc) is 2.32. The molecule has 0 aromatic heterocycles. The summed E-state index contributed by atoms with van der Waals surface area (Å²) in [7, 11) is 2.11. The summed E-state index contributed by atoms with van der Waals surface area (Å²) in [6, 6.07) is 4.64. The minimum atomic E-state index is -0.773. The second-order valence-corrected chi connectivity index (χ2v) is 4.63. The first-order valence-corrected chi connectivity index (χ1v) is 6.01. The van der Waals surface area contributed by atoms with E-state index in [-0.39, 0.29) is 0 Å². The molecule has 1 unspecified atom stereocenters. The number of aryl methyl sites for hydroxylation is 1. The van der Waals surface area contributed by atoms with E-state index in [2.05, 4.69) is 17.3 Å². The van der Waals surface area contributed by atoms with Gasteiger partial charge in [-0.05, 0) is 37.6 Å². The molecular weight excluding hydrogens is 222 g/mol. The molecule has 0 saturated carbocycles. The quantitative estimate of drug-likeness (QED) is 0.866. The van der Waals surface area contributed by atoms with Crippen LogP contribution < -0.4 is 5.32 Å². The van der Waals surface area contributed by atoms with Gasteiger partial charge in [-0.3, -0.25) is 0 Å². The smallest absolute Gasteiger partial charge is 0.159 e. The Hall–Kier alpha value is -1.00. The van der Waals surface area contributed by atoms with Gasteiger partial charge in [0.15, 0.2) is 11.6 Å². The lowest BCUT2D eigenvalue weighted by Crippen LogP contribution is -2.49. The van der Waals surface area contributed by atoms with Crippen molar-refractivity contribution in [3.05, 3.63) is 35.4 Å². The molecule has 0 aliphatic carbocycles. The van der Waals surface area contributed by atoms with Crippen molar-refractivity contribution in [3.63, 3.8) is 0 Å². The van der Waals surface area contributed by atoms with Crippen LogP contribution in [0.15, 0.2) is 18.2 Å². The van der Waals surface area contributed by atoms with Crippen LogP contribution in [-0.2, 0) is 6.42 Å². The summed E-state index contributed by atoms with van der Waals surface area (Å²) < 4.78 is 25.8. The van der Waals surface area contributed by atoms with Gasteiger partial charge < -0.3 is 10.2 Å². The zero-order valence-corrected chi connectivity index (χ0v) is 10.0. The van der Waals surface area contributed by atoms with Crippen molar-refractivity contribution >= 4 is 0 Å². The SMILES string of the molecule is CN1CCNCC1CCc1ccc(F)c(F)c1. The molecule has 1 saturated heterocycles. The van der Waals surface area contributed by atoms with Crippen LogP contribution in [0.2, 0.25) is 0 Å². The van der Waals surface area contributed by atoms with Gasteiger partial charge in [0.25, 0.3) is 0 Å². The maximum atomic E-state index is 13.0.